The summed E-state index contributed by atoms with van der Waals surface area (Å²) in [5.74, 6) is 0.213. The summed E-state index contributed by atoms with van der Waals surface area (Å²) in [5, 5.41) is 13.1. The molecule has 0 radical (unpaired) electrons. The van der Waals surface area contributed by atoms with Crippen LogP contribution in [0.5, 0.6) is 11.9 Å². The van der Waals surface area contributed by atoms with Gasteiger partial charge in [0.15, 0.2) is 0 Å². The van der Waals surface area contributed by atoms with Gasteiger partial charge in [-0.3, -0.25) is 4.68 Å². The molecule has 0 aliphatic rings. The summed E-state index contributed by atoms with van der Waals surface area (Å²) in [6.45, 7) is -0.116. The quantitative estimate of drug-likeness (QED) is 0.871. The third-order valence-corrected chi connectivity index (χ3v) is 2.08. The van der Waals surface area contributed by atoms with Crippen LogP contribution >= 0.6 is 11.6 Å². The Morgan fingerprint density at radius 2 is 2.31 bits per heavy atom. The van der Waals surface area contributed by atoms with E-state index < -0.39 is 0 Å². The van der Waals surface area contributed by atoms with Crippen LogP contribution in [-0.2, 0) is 13.7 Å². The number of aromatic nitrogens is 4. The maximum absolute atomic E-state index is 8.88. The maximum atomic E-state index is 8.88. The number of nitrogens with zero attached hydrogens (tertiary/aromatic N) is 4. The van der Waals surface area contributed by atoms with Crippen LogP contribution < -0.4 is 4.74 Å². The Hall–Kier alpha value is -1.66. The smallest absolute Gasteiger partial charge is 0.342 e. The molecule has 0 bridgehead atoms. The molecule has 0 unspecified atom stereocenters. The van der Waals surface area contributed by atoms with Crippen LogP contribution in [0.2, 0.25) is 5.02 Å². The Kier molecular flexibility index (Phi) is 3.02. The molecule has 2 rings (SSSR count). The highest BCUT2D eigenvalue weighted by molar-refractivity contribution is 6.31. The lowest BCUT2D eigenvalue weighted by atomic mass is 10.3. The van der Waals surface area contributed by atoms with Crippen LogP contribution in [0.15, 0.2) is 18.6 Å². The minimum absolute atomic E-state index is 0.116. The molecule has 0 fully saturated rings. The molecule has 2 aromatic heterocycles. The summed E-state index contributed by atoms with van der Waals surface area (Å²) < 4.78 is 6.77. The zero-order valence-corrected chi connectivity index (χ0v) is 9.22. The molecule has 84 valence electrons. The number of aliphatic hydroxyl groups excluding tert-OH is 1. The van der Waals surface area contributed by atoms with Gasteiger partial charge in [-0.1, -0.05) is 11.6 Å². The number of halogens is 1. The van der Waals surface area contributed by atoms with Gasteiger partial charge in [-0.2, -0.15) is 4.98 Å². The molecule has 0 atom stereocenters. The van der Waals surface area contributed by atoms with Gasteiger partial charge in [-0.05, 0) is 11.6 Å². The molecule has 6 nitrogen and oxygen atoms in total. The number of aryl methyl sites for hydroxylation is 1. The fraction of sp³-hybridized carbons (Fsp3) is 0.222. The van der Waals surface area contributed by atoms with Crippen LogP contribution in [0.1, 0.15) is 5.56 Å². The summed E-state index contributed by atoms with van der Waals surface area (Å²) in [6, 6.07) is 1.75. The predicted molar refractivity (Wildman–Crippen MR) is 56.2 cm³/mol. The van der Waals surface area contributed by atoms with Gasteiger partial charge >= 0.3 is 6.01 Å². The zero-order chi connectivity index (χ0) is 11.5. The topological polar surface area (TPSA) is 73.1 Å². The number of aliphatic hydroxyl groups is 1. The number of ether oxygens (including phenoxy) is 1. The third-order valence-electron chi connectivity index (χ3n) is 1.81. The summed E-state index contributed by atoms with van der Waals surface area (Å²) in [7, 11) is 1.73. The average molecular weight is 241 g/mol. The lowest BCUT2D eigenvalue weighted by molar-refractivity contribution is 0.281. The Morgan fingerprint density at radius 3 is 2.88 bits per heavy atom. The lowest BCUT2D eigenvalue weighted by Gasteiger charge is -2.03. The van der Waals surface area contributed by atoms with Crippen molar-refractivity contribution < 1.29 is 9.84 Å². The first-order chi connectivity index (χ1) is 7.69. The second-order valence-corrected chi connectivity index (χ2v) is 3.50. The van der Waals surface area contributed by atoms with Gasteiger partial charge in [-0.15, -0.1) is 5.10 Å². The van der Waals surface area contributed by atoms with Crippen LogP contribution in [0.3, 0.4) is 0 Å². The molecule has 16 heavy (non-hydrogen) atoms. The summed E-state index contributed by atoms with van der Waals surface area (Å²) in [6.07, 6.45) is 2.98. The number of pyridine rings is 1. The van der Waals surface area contributed by atoms with Gasteiger partial charge in [0.05, 0.1) is 6.61 Å². The molecule has 1 N–H and O–H groups in total. The van der Waals surface area contributed by atoms with E-state index in [1.54, 1.807) is 13.1 Å². The first-order valence-electron chi connectivity index (χ1n) is 4.48. The van der Waals surface area contributed by atoms with Crippen molar-refractivity contribution in [3.63, 3.8) is 0 Å². The average Bonchev–Trinajstić information content (AvgIpc) is 2.67. The van der Waals surface area contributed by atoms with Crippen molar-refractivity contribution in [2.75, 3.05) is 0 Å². The van der Waals surface area contributed by atoms with E-state index in [0.29, 0.717) is 10.6 Å². The third kappa shape index (κ3) is 2.29. The Labute approximate surface area is 96.5 Å². The molecule has 2 heterocycles. The van der Waals surface area contributed by atoms with E-state index in [4.69, 9.17) is 21.4 Å². The van der Waals surface area contributed by atoms with E-state index in [2.05, 4.69) is 15.1 Å². The van der Waals surface area contributed by atoms with E-state index in [0.717, 1.165) is 0 Å². The van der Waals surface area contributed by atoms with E-state index >= 15 is 0 Å². The molecular weight excluding hydrogens is 232 g/mol. The van der Waals surface area contributed by atoms with Crippen molar-refractivity contribution in [2.24, 2.45) is 7.05 Å². The van der Waals surface area contributed by atoms with Gasteiger partial charge < -0.3 is 9.84 Å². The number of rotatable bonds is 3. The van der Waals surface area contributed by atoms with Crippen molar-refractivity contribution in [2.45, 2.75) is 6.61 Å². The molecule has 0 saturated carbocycles. The Balaban J connectivity index is 2.21. The van der Waals surface area contributed by atoms with Gasteiger partial charge in [0.25, 0.3) is 0 Å². The first kappa shape index (κ1) is 10.8. The second kappa shape index (κ2) is 4.46. The molecular formula is C9H9ClN4O2. The van der Waals surface area contributed by atoms with E-state index in [9.17, 15) is 0 Å². The van der Waals surface area contributed by atoms with Crippen molar-refractivity contribution in [1.82, 2.24) is 19.7 Å². The minimum Gasteiger partial charge on any atom is -0.403 e. The van der Waals surface area contributed by atoms with Crippen LogP contribution in [0.25, 0.3) is 0 Å². The fourth-order valence-electron chi connectivity index (χ4n) is 1.08. The van der Waals surface area contributed by atoms with Crippen molar-refractivity contribution in [3.05, 3.63) is 29.2 Å². The SMILES string of the molecule is Cn1cnc(Oc2ncc(CO)cc2Cl)n1. The molecule has 0 aromatic carbocycles. The summed E-state index contributed by atoms with van der Waals surface area (Å²) in [5.41, 5.74) is 0.617. The van der Waals surface area contributed by atoms with Crippen LogP contribution in [0, 0.1) is 0 Å². The second-order valence-electron chi connectivity index (χ2n) is 3.09. The Morgan fingerprint density at radius 1 is 1.50 bits per heavy atom. The van der Waals surface area contributed by atoms with Gasteiger partial charge in [-0.25, -0.2) is 4.98 Å². The molecule has 0 saturated heterocycles. The highest BCUT2D eigenvalue weighted by Crippen LogP contribution is 2.25. The normalized spacial score (nSPS) is 10.4. The van der Waals surface area contributed by atoms with E-state index in [1.165, 1.54) is 17.2 Å². The fourth-order valence-corrected chi connectivity index (χ4v) is 1.31. The van der Waals surface area contributed by atoms with E-state index in [1.807, 2.05) is 0 Å². The minimum atomic E-state index is -0.116. The van der Waals surface area contributed by atoms with Crippen molar-refractivity contribution >= 4 is 11.6 Å². The maximum Gasteiger partial charge on any atom is 0.342 e. The summed E-state index contributed by atoms with van der Waals surface area (Å²) in [4.78, 5) is 7.83. The molecule has 0 spiro atoms. The molecule has 2 aromatic rings. The van der Waals surface area contributed by atoms with Crippen molar-refractivity contribution in [3.8, 4) is 11.9 Å². The van der Waals surface area contributed by atoms with Gasteiger partial charge in [0.2, 0.25) is 5.88 Å². The standard InChI is InChI=1S/C9H9ClN4O2/c1-14-5-12-9(13-14)16-8-7(10)2-6(4-15)3-11-8/h2-3,5,15H,4H2,1H3. The van der Waals surface area contributed by atoms with Crippen LogP contribution in [0.4, 0.5) is 0 Å². The monoisotopic (exact) mass is 240 g/mol. The van der Waals surface area contributed by atoms with Gasteiger partial charge in [0.1, 0.15) is 11.3 Å². The molecule has 7 heteroatoms. The largest absolute Gasteiger partial charge is 0.403 e. The van der Waals surface area contributed by atoms with Crippen molar-refractivity contribution in [1.29, 1.82) is 0 Å². The predicted octanol–water partition coefficient (Wildman–Crippen LogP) is 1.15. The van der Waals surface area contributed by atoms with E-state index in [-0.39, 0.29) is 18.5 Å². The Bertz CT molecular complexity index is 500. The molecule has 0 aliphatic heterocycles. The molecule has 0 aliphatic carbocycles. The first-order valence-corrected chi connectivity index (χ1v) is 4.85. The summed E-state index contributed by atoms with van der Waals surface area (Å²) >= 11 is 5.90. The number of hydrogen-bond donors (Lipinski definition) is 1. The van der Waals surface area contributed by atoms with Gasteiger partial charge in [0, 0.05) is 13.2 Å². The lowest BCUT2D eigenvalue weighted by Crippen LogP contribution is -1.94. The van der Waals surface area contributed by atoms with Crippen LogP contribution in [-0.4, -0.2) is 24.9 Å². The molecule has 0 amide bonds. The zero-order valence-electron chi connectivity index (χ0n) is 8.46. The highest BCUT2D eigenvalue weighted by Gasteiger charge is 2.08. The highest BCUT2D eigenvalue weighted by atomic mass is 35.5. The number of hydrogen-bond acceptors (Lipinski definition) is 5.